The van der Waals surface area contributed by atoms with Crippen LogP contribution in [-0.4, -0.2) is 29.5 Å². The fraction of sp³-hybridized carbons (Fsp3) is 0.440. The summed E-state index contributed by atoms with van der Waals surface area (Å²) < 4.78 is 88.9. The molecule has 1 unspecified atom stereocenters. The van der Waals surface area contributed by atoms with Gasteiger partial charge in [0.15, 0.2) is 0 Å². The van der Waals surface area contributed by atoms with Crippen LogP contribution < -0.4 is 8.43 Å². The van der Waals surface area contributed by atoms with E-state index in [0.29, 0.717) is 41.9 Å². The number of halogens is 7. The molecule has 208 valence electrons. The first-order chi connectivity index (χ1) is 17.6. The number of fused-ring (bicyclic) bond motifs is 1. The minimum Gasteiger partial charge on any atom is -0.446 e. The van der Waals surface area contributed by atoms with Crippen molar-refractivity contribution >= 4 is 46.2 Å². The van der Waals surface area contributed by atoms with Gasteiger partial charge in [-0.2, -0.15) is 26.3 Å². The molecule has 13 heteroatoms. The zero-order valence-corrected chi connectivity index (χ0v) is 22.9. The topological polar surface area (TPSA) is 61.9 Å². The van der Waals surface area contributed by atoms with Gasteiger partial charge in [0.05, 0.1) is 51.8 Å². The van der Waals surface area contributed by atoms with Crippen LogP contribution >= 0.6 is 22.9 Å². The van der Waals surface area contributed by atoms with E-state index in [0.717, 1.165) is 0 Å². The van der Waals surface area contributed by atoms with Crippen molar-refractivity contribution in [1.29, 1.82) is 0 Å². The van der Waals surface area contributed by atoms with E-state index in [-0.39, 0.29) is 18.2 Å². The second-order valence-electron chi connectivity index (χ2n) is 9.17. The van der Waals surface area contributed by atoms with E-state index < -0.39 is 54.2 Å². The maximum absolute atomic E-state index is 13.4. The van der Waals surface area contributed by atoms with Crippen molar-refractivity contribution in [2.75, 3.05) is 15.0 Å². The van der Waals surface area contributed by atoms with E-state index in [2.05, 4.69) is 3.53 Å². The van der Waals surface area contributed by atoms with Crippen molar-refractivity contribution in [3.05, 3.63) is 58.7 Å². The van der Waals surface area contributed by atoms with E-state index >= 15 is 0 Å². The highest BCUT2D eigenvalue weighted by molar-refractivity contribution is 14.1. The average Bonchev–Trinajstić information content (AvgIpc) is 2.99. The molecule has 0 fully saturated rings. The molecule has 1 heterocycles. The summed E-state index contributed by atoms with van der Waals surface area (Å²) in [5.74, 6) is -0.544. The number of nitrogens with one attached hydrogen (secondary N) is 1. The van der Waals surface area contributed by atoms with Crippen molar-refractivity contribution in [3.63, 3.8) is 0 Å². The van der Waals surface area contributed by atoms with Gasteiger partial charge in [-0.1, -0.05) is 0 Å². The van der Waals surface area contributed by atoms with Crippen molar-refractivity contribution in [2.45, 2.75) is 64.7 Å². The maximum atomic E-state index is 13.4. The molecule has 1 aliphatic heterocycles. The van der Waals surface area contributed by atoms with Crippen LogP contribution in [-0.2, 0) is 28.4 Å². The number of benzene rings is 2. The van der Waals surface area contributed by atoms with Crippen LogP contribution in [0.25, 0.3) is 0 Å². The summed E-state index contributed by atoms with van der Waals surface area (Å²) in [5, 5.41) is 0. The zero-order chi connectivity index (χ0) is 28.4. The van der Waals surface area contributed by atoms with E-state index in [1.807, 2.05) is 22.9 Å². The number of hydrogen-bond donors (Lipinski definition) is 1. The minimum absolute atomic E-state index is 0.0547. The Balaban J connectivity index is 2.10. The summed E-state index contributed by atoms with van der Waals surface area (Å²) in [6.07, 6.45) is -10.3. The van der Waals surface area contributed by atoms with Crippen LogP contribution in [0.3, 0.4) is 0 Å². The summed E-state index contributed by atoms with van der Waals surface area (Å²) in [7, 11) is 0. The molecule has 1 atom stereocenters. The molecule has 2 amide bonds. The quantitative estimate of drug-likeness (QED) is 0.203. The van der Waals surface area contributed by atoms with Gasteiger partial charge < -0.3 is 13.2 Å². The van der Waals surface area contributed by atoms with Gasteiger partial charge in [0.25, 0.3) is 0 Å². The Bertz CT molecular complexity index is 1150. The van der Waals surface area contributed by atoms with Crippen molar-refractivity contribution in [2.24, 2.45) is 0 Å². The second-order valence-corrected chi connectivity index (χ2v) is 9.71. The molecule has 38 heavy (non-hydrogen) atoms. The maximum Gasteiger partial charge on any atom is 0.416 e. The summed E-state index contributed by atoms with van der Waals surface area (Å²) in [5.41, 5.74) is -1.62. The molecule has 0 aliphatic carbocycles. The summed E-state index contributed by atoms with van der Waals surface area (Å²) in [6.45, 7) is 4.35. The number of alkyl halides is 6. The number of nitrogens with zero attached hydrogens (tertiary/aromatic N) is 2. The lowest BCUT2D eigenvalue weighted by atomic mass is 9.97. The van der Waals surface area contributed by atoms with Crippen LogP contribution in [0.2, 0.25) is 0 Å². The lowest BCUT2D eigenvalue weighted by molar-refractivity contribution is -0.143. The van der Waals surface area contributed by atoms with E-state index in [1.165, 1.54) is 16.7 Å². The Hall–Kier alpha value is -2.71. The predicted octanol–water partition coefficient (Wildman–Crippen LogP) is 7.72. The lowest BCUT2D eigenvalue weighted by Crippen LogP contribution is -2.34. The summed E-state index contributed by atoms with van der Waals surface area (Å²) in [6, 6.07) is 5.66. The monoisotopic (exact) mass is 657 g/mol. The highest BCUT2D eigenvalue weighted by atomic mass is 127. The Morgan fingerprint density at radius 3 is 2.18 bits per heavy atom. The van der Waals surface area contributed by atoms with Gasteiger partial charge in [-0.15, -0.1) is 0 Å². The highest BCUT2D eigenvalue weighted by Crippen LogP contribution is 2.41. The van der Waals surface area contributed by atoms with Gasteiger partial charge >= 0.3 is 18.4 Å². The Kier molecular flexibility index (Phi) is 9.09. The molecule has 0 saturated heterocycles. The fourth-order valence-electron chi connectivity index (χ4n) is 4.37. The molecule has 6 nitrogen and oxygen atoms in total. The molecule has 1 N–H and O–H groups in total. The fourth-order valence-corrected chi connectivity index (χ4v) is 4.71. The smallest absolute Gasteiger partial charge is 0.416 e. The molecule has 0 saturated carbocycles. The second kappa shape index (κ2) is 11.6. The van der Waals surface area contributed by atoms with Crippen LogP contribution in [0.5, 0.6) is 0 Å². The Morgan fingerprint density at radius 2 is 1.68 bits per heavy atom. The predicted molar refractivity (Wildman–Crippen MR) is 138 cm³/mol. The number of carbonyl (C=O) groups excluding carboxylic acids is 2. The number of hydrogen-bond acceptors (Lipinski definition) is 4. The zero-order valence-electron chi connectivity index (χ0n) is 20.7. The van der Waals surface area contributed by atoms with Crippen LogP contribution in [0.4, 0.5) is 42.5 Å². The van der Waals surface area contributed by atoms with Gasteiger partial charge in [-0.3, -0.25) is 9.69 Å². The van der Waals surface area contributed by atoms with Gasteiger partial charge in [0.2, 0.25) is 5.91 Å². The Labute approximate surface area is 229 Å². The third-order valence-corrected chi connectivity index (χ3v) is 6.61. The molecular weight excluding hydrogens is 631 g/mol. The van der Waals surface area contributed by atoms with Crippen LogP contribution in [0.1, 0.15) is 61.9 Å². The number of rotatable bonds is 5. The van der Waals surface area contributed by atoms with Crippen LogP contribution in [0, 0.1) is 0 Å². The van der Waals surface area contributed by atoms with E-state index in [9.17, 15) is 35.9 Å². The molecule has 0 bridgehead atoms. The summed E-state index contributed by atoms with van der Waals surface area (Å²) >= 11 is 1.90. The van der Waals surface area contributed by atoms with Gasteiger partial charge in [0, 0.05) is 31.3 Å². The standard InChI is InChI=1S/C25H26F6IN3O3/c1-14(2)38-23(37)34-8-4-5-21(20-12-19(33-32)6-7-22(20)34)35(15(3)36)13-16-9-17(24(26,27)28)11-18(10-16)25(29,30)31/h6-7,9-12,14,21,33H,4-5,8,13H2,1-3H3. The van der Waals surface area contributed by atoms with Crippen molar-refractivity contribution in [3.8, 4) is 0 Å². The Morgan fingerprint density at radius 1 is 1.08 bits per heavy atom. The molecule has 3 rings (SSSR count). The van der Waals surface area contributed by atoms with Gasteiger partial charge in [0.1, 0.15) is 0 Å². The molecule has 0 aromatic heterocycles. The van der Waals surface area contributed by atoms with Gasteiger partial charge in [-0.05, 0) is 68.7 Å². The molecule has 2 aromatic carbocycles. The van der Waals surface area contributed by atoms with Crippen molar-refractivity contribution < 1.29 is 40.7 Å². The van der Waals surface area contributed by atoms with Crippen LogP contribution in [0.15, 0.2) is 36.4 Å². The third kappa shape index (κ3) is 7.03. The minimum atomic E-state index is -5.01. The average molecular weight is 657 g/mol. The number of amides is 2. The molecule has 0 radical (unpaired) electrons. The molecule has 1 aliphatic rings. The number of ether oxygens (including phenoxy) is 1. The first-order valence-corrected chi connectivity index (χ1v) is 12.7. The van der Waals surface area contributed by atoms with E-state index in [1.54, 1.807) is 32.0 Å². The normalized spacial score (nSPS) is 16.1. The molecular formula is C25H26F6IN3O3. The first-order valence-electron chi connectivity index (χ1n) is 11.7. The van der Waals surface area contributed by atoms with E-state index in [4.69, 9.17) is 4.74 Å². The summed E-state index contributed by atoms with van der Waals surface area (Å²) in [4.78, 5) is 28.3. The number of anilines is 2. The first kappa shape index (κ1) is 29.8. The van der Waals surface area contributed by atoms with Crippen molar-refractivity contribution in [1.82, 2.24) is 4.90 Å². The van der Waals surface area contributed by atoms with Gasteiger partial charge in [-0.25, -0.2) is 4.79 Å². The SMILES string of the molecule is CC(=O)N(Cc1cc(C(F)(F)F)cc(C(F)(F)F)c1)C1CCCN(C(=O)OC(C)C)c2ccc(NI)cc21. The largest absolute Gasteiger partial charge is 0.446 e. The highest BCUT2D eigenvalue weighted by Gasteiger charge is 2.38. The third-order valence-electron chi connectivity index (χ3n) is 5.98. The lowest BCUT2D eigenvalue weighted by Gasteiger charge is -2.33. The molecule has 0 spiro atoms. The molecule has 2 aromatic rings. The number of carbonyl (C=O) groups is 2.